The highest BCUT2D eigenvalue weighted by Gasteiger charge is 2.31. The van der Waals surface area contributed by atoms with E-state index in [0.29, 0.717) is 25.2 Å². The third-order valence-corrected chi connectivity index (χ3v) is 3.01. The summed E-state index contributed by atoms with van der Waals surface area (Å²) in [6.45, 7) is 0.898. The molecule has 1 aromatic carbocycles. The minimum Gasteiger partial charge on any atom is -0.466 e. The Morgan fingerprint density at radius 2 is 2.05 bits per heavy atom. The van der Waals surface area contributed by atoms with Crippen molar-refractivity contribution in [1.29, 1.82) is 0 Å². The molecule has 102 valence electrons. The van der Waals surface area contributed by atoms with E-state index in [2.05, 4.69) is 4.74 Å². The van der Waals surface area contributed by atoms with E-state index in [1.165, 1.54) is 7.11 Å². The molecular weight excluding hydrogens is 248 g/mol. The van der Waals surface area contributed by atoms with Crippen LogP contribution in [0.25, 0.3) is 0 Å². The van der Waals surface area contributed by atoms with Crippen LogP contribution < -0.4 is 0 Å². The summed E-state index contributed by atoms with van der Waals surface area (Å²) in [5.74, 6) is -1.30. The van der Waals surface area contributed by atoms with E-state index >= 15 is 0 Å². The van der Waals surface area contributed by atoms with Crippen LogP contribution in [0.2, 0.25) is 0 Å². The molecule has 2 rings (SSSR count). The molecule has 0 bridgehead atoms. The van der Waals surface area contributed by atoms with Crippen molar-refractivity contribution >= 4 is 11.9 Å². The van der Waals surface area contributed by atoms with Gasteiger partial charge in [0.05, 0.1) is 19.6 Å². The predicted octanol–water partition coefficient (Wildman–Crippen LogP) is 1.48. The molecule has 0 radical (unpaired) electrons. The van der Waals surface area contributed by atoms with Crippen molar-refractivity contribution in [2.45, 2.75) is 12.5 Å². The van der Waals surface area contributed by atoms with Crippen LogP contribution in [-0.2, 0) is 23.8 Å². The SMILES string of the molecule is COC(=O)C(OC(=O)C1CCOC1)c1ccccc1. The molecule has 1 heterocycles. The lowest BCUT2D eigenvalue weighted by atomic mass is 10.1. The summed E-state index contributed by atoms with van der Waals surface area (Å²) in [5.41, 5.74) is 0.599. The molecule has 0 N–H and O–H groups in total. The lowest BCUT2D eigenvalue weighted by Gasteiger charge is -2.17. The molecule has 1 aliphatic heterocycles. The Morgan fingerprint density at radius 1 is 1.32 bits per heavy atom. The van der Waals surface area contributed by atoms with Crippen molar-refractivity contribution in [3.63, 3.8) is 0 Å². The number of carbonyl (C=O) groups is 2. The van der Waals surface area contributed by atoms with Crippen molar-refractivity contribution in [3.8, 4) is 0 Å². The van der Waals surface area contributed by atoms with Gasteiger partial charge in [-0.2, -0.15) is 0 Å². The van der Waals surface area contributed by atoms with Gasteiger partial charge < -0.3 is 14.2 Å². The Kier molecular flexibility index (Phi) is 4.52. The smallest absolute Gasteiger partial charge is 0.351 e. The van der Waals surface area contributed by atoms with Crippen molar-refractivity contribution in [1.82, 2.24) is 0 Å². The van der Waals surface area contributed by atoms with Gasteiger partial charge in [-0.25, -0.2) is 4.79 Å². The van der Waals surface area contributed by atoms with E-state index in [1.807, 2.05) is 6.07 Å². The fourth-order valence-corrected chi connectivity index (χ4v) is 1.92. The number of rotatable bonds is 4. The molecule has 2 unspecified atom stereocenters. The zero-order valence-corrected chi connectivity index (χ0v) is 10.7. The molecule has 0 amide bonds. The van der Waals surface area contributed by atoms with E-state index in [1.54, 1.807) is 24.3 Å². The van der Waals surface area contributed by atoms with E-state index in [9.17, 15) is 9.59 Å². The van der Waals surface area contributed by atoms with Crippen LogP contribution in [0.5, 0.6) is 0 Å². The average Bonchev–Trinajstić information content (AvgIpc) is 2.99. The van der Waals surface area contributed by atoms with Crippen LogP contribution in [0, 0.1) is 5.92 Å². The van der Waals surface area contributed by atoms with Crippen molar-refractivity contribution in [3.05, 3.63) is 35.9 Å². The number of methoxy groups -OCH3 is 1. The van der Waals surface area contributed by atoms with Crippen LogP contribution >= 0.6 is 0 Å². The summed E-state index contributed by atoms with van der Waals surface area (Å²) in [5, 5.41) is 0. The molecule has 0 saturated carbocycles. The minimum absolute atomic E-state index is 0.295. The Morgan fingerprint density at radius 3 is 2.63 bits per heavy atom. The molecule has 5 heteroatoms. The maximum atomic E-state index is 11.9. The van der Waals surface area contributed by atoms with E-state index in [0.717, 1.165) is 0 Å². The maximum Gasteiger partial charge on any atom is 0.351 e. The number of hydrogen-bond donors (Lipinski definition) is 0. The third kappa shape index (κ3) is 3.32. The first-order valence-corrected chi connectivity index (χ1v) is 6.13. The molecule has 0 aliphatic carbocycles. The summed E-state index contributed by atoms with van der Waals surface area (Å²) in [6.07, 6.45) is -0.388. The zero-order chi connectivity index (χ0) is 13.7. The second kappa shape index (κ2) is 6.33. The van der Waals surface area contributed by atoms with Crippen LogP contribution in [0.3, 0.4) is 0 Å². The molecule has 1 aliphatic rings. The van der Waals surface area contributed by atoms with Crippen LogP contribution in [-0.4, -0.2) is 32.3 Å². The normalized spacial score (nSPS) is 19.7. The highest BCUT2D eigenvalue weighted by Crippen LogP contribution is 2.23. The fourth-order valence-electron chi connectivity index (χ4n) is 1.92. The minimum atomic E-state index is -1.01. The van der Waals surface area contributed by atoms with Crippen LogP contribution in [0.4, 0.5) is 0 Å². The van der Waals surface area contributed by atoms with Crippen LogP contribution in [0.15, 0.2) is 30.3 Å². The Hall–Kier alpha value is -1.88. The van der Waals surface area contributed by atoms with E-state index < -0.39 is 18.0 Å². The maximum absolute atomic E-state index is 11.9. The number of benzene rings is 1. The van der Waals surface area contributed by atoms with Gasteiger partial charge in [0, 0.05) is 12.2 Å². The second-order valence-corrected chi connectivity index (χ2v) is 4.31. The fraction of sp³-hybridized carbons (Fsp3) is 0.429. The highest BCUT2D eigenvalue weighted by atomic mass is 16.6. The predicted molar refractivity (Wildman–Crippen MR) is 66.2 cm³/mol. The van der Waals surface area contributed by atoms with Crippen molar-refractivity contribution < 1.29 is 23.8 Å². The lowest BCUT2D eigenvalue weighted by Crippen LogP contribution is -2.25. The Balaban J connectivity index is 2.10. The second-order valence-electron chi connectivity index (χ2n) is 4.31. The number of carbonyl (C=O) groups excluding carboxylic acids is 2. The summed E-state index contributed by atoms with van der Waals surface area (Å²) < 4.78 is 15.1. The van der Waals surface area contributed by atoms with Gasteiger partial charge in [-0.3, -0.25) is 4.79 Å². The number of hydrogen-bond acceptors (Lipinski definition) is 5. The van der Waals surface area contributed by atoms with Gasteiger partial charge in [0.15, 0.2) is 0 Å². The molecule has 5 nitrogen and oxygen atoms in total. The van der Waals surface area contributed by atoms with E-state index in [-0.39, 0.29) is 5.92 Å². The molecule has 0 aromatic heterocycles. The first-order valence-electron chi connectivity index (χ1n) is 6.13. The van der Waals surface area contributed by atoms with Gasteiger partial charge >= 0.3 is 11.9 Å². The summed E-state index contributed by atoms with van der Waals surface area (Å²) in [4.78, 5) is 23.7. The number of ether oxygens (including phenoxy) is 3. The van der Waals surface area contributed by atoms with E-state index in [4.69, 9.17) is 9.47 Å². The molecule has 1 fully saturated rings. The highest BCUT2D eigenvalue weighted by molar-refractivity contribution is 5.81. The molecule has 1 saturated heterocycles. The zero-order valence-electron chi connectivity index (χ0n) is 10.7. The lowest BCUT2D eigenvalue weighted by molar-refractivity contribution is -0.169. The van der Waals surface area contributed by atoms with Gasteiger partial charge in [-0.1, -0.05) is 30.3 Å². The molecular formula is C14H16O5. The molecule has 0 spiro atoms. The molecule has 2 atom stereocenters. The standard InChI is InChI=1S/C14H16O5/c1-17-14(16)12(10-5-3-2-4-6-10)19-13(15)11-7-8-18-9-11/h2-6,11-12H,7-9H2,1H3. The summed E-state index contributed by atoms with van der Waals surface area (Å²) in [6, 6.07) is 8.82. The summed E-state index contributed by atoms with van der Waals surface area (Å²) >= 11 is 0. The van der Waals surface area contributed by atoms with Crippen molar-refractivity contribution in [2.24, 2.45) is 5.92 Å². The monoisotopic (exact) mass is 264 g/mol. The molecule has 19 heavy (non-hydrogen) atoms. The van der Waals surface area contributed by atoms with Crippen molar-refractivity contribution in [2.75, 3.05) is 20.3 Å². The third-order valence-electron chi connectivity index (χ3n) is 3.01. The molecule has 1 aromatic rings. The first kappa shape index (κ1) is 13.5. The number of esters is 2. The van der Waals surface area contributed by atoms with Gasteiger partial charge in [0.2, 0.25) is 6.10 Å². The van der Waals surface area contributed by atoms with Gasteiger partial charge in [0.25, 0.3) is 0 Å². The van der Waals surface area contributed by atoms with Gasteiger partial charge in [-0.15, -0.1) is 0 Å². The largest absolute Gasteiger partial charge is 0.466 e. The van der Waals surface area contributed by atoms with Gasteiger partial charge in [0.1, 0.15) is 0 Å². The Labute approximate surface area is 111 Å². The Bertz CT molecular complexity index is 436. The average molecular weight is 264 g/mol. The topological polar surface area (TPSA) is 61.8 Å². The quantitative estimate of drug-likeness (QED) is 0.771. The summed E-state index contributed by atoms with van der Waals surface area (Å²) in [7, 11) is 1.27. The van der Waals surface area contributed by atoms with Gasteiger partial charge in [-0.05, 0) is 6.42 Å². The first-order chi connectivity index (χ1) is 9.22. The van der Waals surface area contributed by atoms with Crippen LogP contribution in [0.1, 0.15) is 18.1 Å².